The summed E-state index contributed by atoms with van der Waals surface area (Å²) in [5.41, 5.74) is 3.86. The highest BCUT2D eigenvalue weighted by Crippen LogP contribution is 2.24. The molecule has 0 aliphatic carbocycles. The molecular weight excluding hydrogens is 252 g/mol. The topological polar surface area (TPSA) is 55.9 Å². The predicted molar refractivity (Wildman–Crippen MR) is 77.2 cm³/mol. The molecule has 1 aromatic carbocycles. The second kappa shape index (κ2) is 5.09. The predicted octanol–water partition coefficient (Wildman–Crippen LogP) is 2.47. The summed E-state index contributed by atoms with van der Waals surface area (Å²) in [6.07, 6.45) is 0. The third-order valence-electron chi connectivity index (χ3n) is 3.65. The van der Waals surface area contributed by atoms with E-state index in [-0.39, 0.29) is 0 Å². The first-order valence-electron chi connectivity index (χ1n) is 6.69. The highest BCUT2D eigenvalue weighted by molar-refractivity contribution is 5.85. The first-order chi connectivity index (χ1) is 9.66. The lowest BCUT2D eigenvalue weighted by atomic mass is 10.1. The second-order valence-electron chi connectivity index (χ2n) is 4.98. The van der Waals surface area contributed by atoms with Crippen molar-refractivity contribution in [3.63, 3.8) is 0 Å². The van der Waals surface area contributed by atoms with Gasteiger partial charge in [0.1, 0.15) is 0 Å². The fraction of sp³-hybridized carbons (Fsp3) is 0.333. The molecule has 0 aliphatic rings. The molecule has 5 nitrogen and oxygen atoms in total. The minimum Gasteiger partial charge on any atom is -0.346 e. The summed E-state index contributed by atoms with van der Waals surface area (Å²) in [6.45, 7) is 5.35. The number of rotatable bonds is 4. The van der Waals surface area contributed by atoms with E-state index >= 15 is 0 Å². The molecule has 0 radical (unpaired) electrons. The molecule has 0 unspecified atom stereocenters. The summed E-state index contributed by atoms with van der Waals surface area (Å²) in [4.78, 5) is 4.18. The Bertz CT molecular complexity index is 702. The van der Waals surface area contributed by atoms with Gasteiger partial charge in [0.15, 0.2) is 5.82 Å². The molecule has 3 aromatic rings. The van der Waals surface area contributed by atoms with Gasteiger partial charge in [-0.05, 0) is 18.6 Å². The lowest BCUT2D eigenvalue weighted by Gasteiger charge is -2.06. The molecule has 0 aliphatic heterocycles. The smallest absolute Gasteiger partial charge is 0.223 e. The molecule has 0 spiro atoms. The van der Waals surface area contributed by atoms with Crippen molar-refractivity contribution in [2.45, 2.75) is 26.9 Å². The van der Waals surface area contributed by atoms with Gasteiger partial charge in [0.2, 0.25) is 5.89 Å². The zero-order valence-electron chi connectivity index (χ0n) is 12.0. The molecule has 0 fully saturated rings. The van der Waals surface area contributed by atoms with Crippen LogP contribution in [0.25, 0.3) is 10.9 Å². The van der Waals surface area contributed by atoms with Gasteiger partial charge in [0.05, 0.1) is 6.54 Å². The van der Waals surface area contributed by atoms with E-state index in [1.165, 1.54) is 22.2 Å². The van der Waals surface area contributed by atoms with Gasteiger partial charge in [-0.3, -0.25) is 0 Å². The van der Waals surface area contributed by atoms with Crippen molar-refractivity contribution in [3.05, 3.63) is 47.2 Å². The number of aryl methyl sites for hydroxylation is 3. The van der Waals surface area contributed by atoms with E-state index in [2.05, 4.69) is 58.3 Å². The van der Waals surface area contributed by atoms with Gasteiger partial charge in [-0.2, -0.15) is 4.98 Å². The zero-order valence-corrected chi connectivity index (χ0v) is 12.0. The van der Waals surface area contributed by atoms with Crippen LogP contribution in [0.3, 0.4) is 0 Å². The zero-order chi connectivity index (χ0) is 14.1. The lowest BCUT2D eigenvalue weighted by molar-refractivity contribution is 0.385. The largest absolute Gasteiger partial charge is 0.346 e. The SMILES string of the molecule is Cc1nc(CNCc2c(C)c3ccccc3n2C)no1. The number of aromatic nitrogens is 3. The van der Waals surface area contributed by atoms with E-state index in [9.17, 15) is 0 Å². The maximum atomic E-state index is 4.96. The van der Waals surface area contributed by atoms with Gasteiger partial charge in [0.25, 0.3) is 0 Å². The van der Waals surface area contributed by atoms with Crippen molar-refractivity contribution in [1.29, 1.82) is 0 Å². The van der Waals surface area contributed by atoms with E-state index < -0.39 is 0 Å². The number of nitrogens with one attached hydrogen (secondary N) is 1. The van der Waals surface area contributed by atoms with Crippen molar-refractivity contribution < 1.29 is 4.52 Å². The lowest BCUT2D eigenvalue weighted by Crippen LogP contribution is -2.16. The van der Waals surface area contributed by atoms with Crippen LogP contribution in [0.2, 0.25) is 0 Å². The normalized spacial score (nSPS) is 11.3. The van der Waals surface area contributed by atoms with Crippen molar-refractivity contribution in [2.24, 2.45) is 7.05 Å². The second-order valence-corrected chi connectivity index (χ2v) is 4.98. The Morgan fingerprint density at radius 3 is 2.70 bits per heavy atom. The Balaban J connectivity index is 1.77. The Kier molecular flexibility index (Phi) is 3.28. The minimum atomic E-state index is 0.600. The summed E-state index contributed by atoms with van der Waals surface area (Å²) in [5, 5.41) is 8.55. The fourth-order valence-electron chi connectivity index (χ4n) is 2.59. The quantitative estimate of drug-likeness (QED) is 0.791. The molecule has 0 bridgehead atoms. The van der Waals surface area contributed by atoms with Gasteiger partial charge in [-0.15, -0.1) is 0 Å². The van der Waals surface area contributed by atoms with Gasteiger partial charge in [-0.25, -0.2) is 0 Å². The van der Waals surface area contributed by atoms with Crippen LogP contribution in [0.15, 0.2) is 28.8 Å². The standard InChI is InChI=1S/C15H18N4O/c1-10-12-6-4-5-7-13(12)19(3)14(10)8-16-9-15-17-11(2)20-18-15/h4-7,16H,8-9H2,1-3H3. The molecule has 2 heterocycles. The average Bonchev–Trinajstić information content (AvgIpc) is 2.97. The van der Waals surface area contributed by atoms with Gasteiger partial charge >= 0.3 is 0 Å². The maximum absolute atomic E-state index is 4.96. The monoisotopic (exact) mass is 270 g/mol. The van der Waals surface area contributed by atoms with Gasteiger partial charge in [-0.1, -0.05) is 23.4 Å². The first-order valence-corrected chi connectivity index (χ1v) is 6.69. The minimum absolute atomic E-state index is 0.600. The van der Waals surface area contributed by atoms with Crippen molar-refractivity contribution in [2.75, 3.05) is 0 Å². The first kappa shape index (κ1) is 12.9. The Morgan fingerprint density at radius 1 is 1.20 bits per heavy atom. The summed E-state index contributed by atoms with van der Waals surface area (Å²) in [6, 6.07) is 8.46. The Labute approximate surface area is 117 Å². The molecular formula is C15H18N4O. The van der Waals surface area contributed by atoms with Gasteiger partial charge in [0, 0.05) is 37.1 Å². The fourth-order valence-corrected chi connectivity index (χ4v) is 2.59. The van der Waals surface area contributed by atoms with Crippen LogP contribution in [0.5, 0.6) is 0 Å². The van der Waals surface area contributed by atoms with Gasteiger partial charge < -0.3 is 14.4 Å². The molecule has 2 aromatic heterocycles. The van der Waals surface area contributed by atoms with Crippen LogP contribution >= 0.6 is 0 Å². The highest BCUT2D eigenvalue weighted by Gasteiger charge is 2.11. The Morgan fingerprint density at radius 2 is 2.00 bits per heavy atom. The number of hydrogen-bond acceptors (Lipinski definition) is 4. The third-order valence-corrected chi connectivity index (χ3v) is 3.65. The average molecular weight is 270 g/mol. The van der Waals surface area contributed by atoms with E-state index in [1.54, 1.807) is 6.92 Å². The van der Waals surface area contributed by atoms with E-state index in [0.29, 0.717) is 18.3 Å². The molecule has 20 heavy (non-hydrogen) atoms. The Hall–Kier alpha value is -2.14. The van der Waals surface area contributed by atoms with E-state index in [1.807, 2.05) is 0 Å². The summed E-state index contributed by atoms with van der Waals surface area (Å²) >= 11 is 0. The van der Waals surface area contributed by atoms with Crippen molar-refractivity contribution in [1.82, 2.24) is 20.0 Å². The summed E-state index contributed by atoms with van der Waals surface area (Å²) in [5.74, 6) is 1.29. The molecule has 1 N–H and O–H groups in total. The number of fused-ring (bicyclic) bond motifs is 1. The number of nitrogens with zero attached hydrogens (tertiary/aromatic N) is 3. The van der Waals surface area contributed by atoms with Crippen LogP contribution in [-0.2, 0) is 20.1 Å². The van der Waals surface area contributed by atoms with Crippen LogP contribution in [0, 0.1) is 13.8 Å². The van der Waals surface area contributed by atoms with Crippen molar-refractivity contribution >= 4 is 10.9 Å². The number of hydrogen-bond donors (Lipinski definition) is 1. The number of benzene rings is 1. The molecule has 104 valence electrons. The van der Waals surface area contributed by atoms with Crippen LogP contribution < -0.4 is 5.32 Å². The third kappa shape index (κ3) is 2.20. The van der Waals surface area contributed by atoms with E-state index in [4.69, 9.17) is 4.52 Å². The van der Waals surface area contributed by atoms with Crippen LogP contribution in [0.1, 0.15) is 23.0 Å². The van der Waals surface area contributed by atoms with Crippen LogP contribution in [0.4, 0.5) is 0 Å². The van der Waals surface area contributed by atoms with E-state index in [0.717, 1.165) is 6.54 Å². The van der Waals surface area contributed by atoms with Crippen molar-refractivity contribution in [3.8, 4) is 0 Å². The number of para-hydroxylation sites is 1. The molecule has 0 saturated heterocycles. The summed E-state index contributed by atoms with van der Waals surface area (Å²) in [7, 11) is 2.10. The molecule has 3 rings (SSSR count). The maximum Gasteiger partial charge on any atom is 0.223 e. The highest BCUT2D eigenvalue weighted by atomic mass is 16.5. The molecule has 5 heteroatoms. The molecule has 0 atom stereocenters. The summed E-state index contributed by atoms with van der Waals surface area (Å²) < 4.78 is 7.19. The molecule has 0 amide bonds. The molecule has 0 saturated carbocycles. The van der Waals surface area contributed by atoms with Crippen LogP contribution in [-0.4, -0.2) is 14.7 Å².